The Morgan fingerprint density at radius 2 is 2.00 bits per heavy atom. The molecule has 1 saturated carbocycles. The molecule has 2 rings (SSSR count). The number of unbranched alkanes of at least 4 members (excludes halogenated alkanes) is 1. The van der Waals surface area contributed by atoms with E-state index in [-0.39, 0.29) is 29.8 Å². The van der Waals surface area contributed by atoms with E-state index in [1.165, 1.54) is 0 Å². The number of rotatable bonds is 8. The summed E-state index contributed by atoms with van der Waals surface area (Å²) in [6, 6.07) is -0.662. The highest BCUT2D eigenvalue weighted by Gasteiger charge is 2.48. The summed E-state index contributed by atoms with van der Waals surface area (Å²) in [6.07, 6.45) is 4.23. The Balaban J connectivity index is 1.97. The molecule has 2 unspecified atom stereocenters. The van der Waals surface area contributed by atoms with Crippen molar-refractivity contribution in [2.75, 3.05) is 19.8 Å². The normalized spacial score (nSPS) is 26.4. The summed E-state index contributed by atoms with van der Waals surface area (Å²) in [5, 5.41) is 2.91. The van der Waals surface area contributed by atoms with Crippen molar-refractivity contribution >= 4 is 11.8 Å². The van der Waals surface area contributed by atoms with Gasteiger partial charge < -0.3 is 15.0 Å². The van der Waals surface area contributed by atoms with Gasteiger partial charge in [-0.1, -0.05) is 27.2 Å². The number of carbonyl (C=O) groups excluding carboxylic acids is 2. The first-order valence-electron chi connectivity index (χ1n) is 8.24. The molecule has 1 N–H and O–H groups in total. The third-order valence-corrected chi connectivity index (χ3v) is 4.31. The molecule has 1 saturated heterocycles. The molecular formula is C16H28N2O3. The van der Waals surface area contributed by atoms with E-state index in [9.17, 15) is 9.59 Å². The van der Waals surface area contributed by atoms with Crippen molar-refractivity contribution in [3.63, 3.8) is 0 Å². The van der Waals surface area contributed by atoms with E-state index in [2.05, 4.69) is 12.2 Å². The van der Waals surface area contributed by atoms with E-state index >= 15 is 0 Å². The molecule has 2 aliphatic rings. The first-order valence-corrected chi connectivity index (χ1v) is 8.24. The topological polar surface area (TPSA) is 58.6 Å². The fraction of sp³-hybridized carbons (Fsp3) is 0.875. The van der Waals surface area contributed by atoms with Gasteiger partial charge in [0.1, 0.15) is 12.1 Å². The van der Waals surface area contributed by atoms with Gasteiger partial charge in [0.25, 0.3) is 0 Å². The minimum Gasteiger partial charge on any atom is -0.380 e. The maximum Gasteiger partial charge on any atom is 0.246 e. The van der Waals surface area contributed by atoms with Crippen LogP contribution >= 0.6 is 0 Å². The smallest absolute Gasteiger partial charge is 0.246 e. The van der Waals surface area contributed by atoms with Crippen LogP contribution in [0.5, 0.6) is 0 Å². The number of nitrogens with zero attached hydrogens (tertiary/aromatic N) is 1. The number of amides is 2. The van der Waals surface area contributed by atoms with Crippen LogP contribution in [0.3, 0.4) is 0 Å². The first kappa shape index (κ1) is 16.3. The summed E-state index contributed by atoms with van der Waals surface area (Å²) in [5.41, 5.74) is 0. The van der Waals surface area contributed by atoms with E-state index in [1.807, 2.05) is 13.8 Å². The molecule has 5 heteroatoms. The summed E-state index contributed by atoms with van der Waals surface area (Å²) in [4.78, 5) is 26.7. The maximum absolute atomic E-state index is 12.6. The van der Waals surface area contributed by atoms with Crippen LogP contribution < -0.4 is 5.32 Å². The fourth-order valence-electron chi connectivity index (χ4n) is 2.85. The van der Waals surface area contributed by atoms with Gasteiger partial charge in [-0.05, 0) is 31.1 Å². The molecule has 0 aromatic carbocycles. The molecule has 0 aromatic rings. The summed E-state index contributed by atoms with van der Waals surface area (Å²) < 4.78 is 5.58. The molecule has 1 heterocycles. The van der Waals surface area contributed by atoms with Gasteiger partial charge in [-0.3, -0.25) is 9.59 Å². The van der Waals surface area contributed by atoms with E-state index in [1.54, 1.807) is 4.90 Å². The number of nitrogens with one attached hydrogen (secondary N) is 1. The van der Waals surface area contributed by atoms with Gasteiger partial charge in [0, 0.05) is 13.2 Å². The van der Waals surface area contributed by atoms with Crippen LogP contribution in [0.25, 0.3) is 0 Å². The summed E-state index contributed by atoms with van der Waals surface area (Å²) >= 11 is 0. The highest BCUT2D eigenvalue weighted by atomic mass is 16.5. The standard InChI is InChI=1S/C16H28N2O3/c1-4-5-9-21-10-8-18-14(12-6-7-12)15(19)17-13(11(2)3)16(18)20/h11-14H,4-10H2,1-3H3,(H,17,19). The van der Waals surface area contributed by atoms with Crippen molar-refractivity contribution in [2.45, 2.75) is 58.5 Å². The van der Waals surface area contributed by atoms with Gasteiger partial charge in [0.15, 0.2) is 0 Å². The third kappa shape index (κ3) is 3.96. The minimum atomic E-state index is -0.386. The predicted molar refractivity (Wildman–Crippen MR) is 80.7 cm³/mol. The number of carbonyl (C=O) groups is 2. The van der Waals surface area contributed by atoms with Gasteiger partial charge in [-0.25, -0.2) is 0 Å². The Kier molecular flexibility index (Phi) is 5.62. The van der Waals surface area contributed by atoms with Crippen LogP contribution in [0, 0.1) is 11.8 Å². The molecule has 0 radical (unpaired) electrons. The first-order chi connectivity index (χ1) is 10.1. The van der Waals surface area contributed by atoms with Crippen molar-refractivity contribution in [3.8, 4) is 0 Å². The lowest BCUT2D eigenvalue weighted by Crippen LogP contribution is -2.65. The third-order valence-electron chi connectivity index (χ3n) is 4.31. The minimum absolute atomic E-state index is 0.0179. The van der Waals surface area contributed by atoms with Crippen molar-refractivity contribution in [3.05, 3.63) is 0 Å². The van der Waals surface area contributed by atoms with E-state index in [0.29, 0.717) is 19.1 Å². The molecule has 2 atom stereocenters. The van der Waals surface area contributed by atoms with Gasteiger partial charge in [-0.2, -0.15) is 0 Å². The molecule has 2 fully saturated rings. The van der Waals surface area contributed by atoms with Crippen molar-refractivity contribution in [1.82, 2.24) is 10.2 Å². The lowest BCUT2D eigenvalue weighted by atomic mass is 9.96. The molecule has 0 aromatic heterocycles. The van der Waals surface area contributed by atoms with Crippen LogP contribution in [-0.2, 0) is 14.3 Å². The Bertz CT molecular complexity index is 380. The molecule has 1 aliphatic heterocycles. The van der Waals surface area contributed by atoms with Crippen LogP contribution in [0.2, 0.25) is 0 Å². The van der Waals surface area contributed by atoms with Crippen LogP contribution in [0.15, 0.2) is 0 Å². The van der Waals surface area contributed by atoms with Crippen molar-refractivity contribution in [1.29, 1.82) is 0 Å². The van der Waals surface area contributed by atoms with E-state index in [4.69, 9.17) is 4.74 Å². The van der Waals surface area contributed by atoms with Gasteiger partial charge in [-0.15, -0.1) is 0 Å². The highest BCUT2D eigenvalue weighted by molar-refractivity contribution is 5.97. The summed E-state index contributed by atoms with van der Waals surface area (Å²) in [6.45, 7) is 7.84. The zero-order chi connectivity index (χ0) is 15.4. The highest BCUT2D eigenvalue weighted by Crippen LogP contribution is 2.37. The zero-order valence-corrected chi connectivity index (χ0v) is 13.4. The quantitative estimate of drug-likeness (QED) is 0.692. The zero-order valence-electron chi connectivity index (χ0n) is 13.4. The Morgan fingerprint density at radius 3 is 2.57 bits per heavy atom. The Hall–Kier alpha value is -1.10. The maximum atomic E-state index is 12.6. The predicted octanol–water partition coefficient (Wildman–Crippen LogP) is 1.56. The molecular weight excluding hydrogens is 268 g/mol. The van der Waals surface area contributed by atoms with Gasteiger partial charge >= 0.3 is 0 Å². The lowest BCUT2D eigenvalue weighted by Gasteiger charge is -2.40. The molecule has 1 aliphatic carbocycles. The van der Waals surface area contributed by atoms with Crippen molar-refractivity contribution in [2.24, 2.45) is 11.8 Å². The van der Waals surface area contributed by atoms with Crippen LogP contribution in [0.4, 0.5) is 0 Å². The van der Waals surface area contributed by atoms with Crippen molar-refractivity contribution < 1.29 is 14.3 Å². The molecule has 120 valence electrons. The second-order valence-corrected chi connectivity index (χ2v) is 6.51. The van der Waals surface area contributed by atoms with Gasteiger partial charge in [0.2, 0.25) is 11.8 Å². The fourth-order valence-corrected chi connectivity index (χ4v) is 2.85. The molecule has 0 bridgehead atoms. The Morgan fingerprint density at radius 1 is 1.29 bits per heavy atom. The molecule has 21 heavy (non-hydrogen) atoms. The number of ether oxygens (including phenoxy) is 1. The molecule has 2 amide bonds. The second-order valence-electron chi connectivity index (χ2n) is 6.51. The van der Waals surface area contributed by atoms with Crippen LogP contribution in [0.1, 0.15) is 46.5 Å². The summed E-state index contributed by atoms with van der Waals surface area (Å²) in [5.74, 6) is 0.535. The number of hydrogen-bond acceptors (Lipinski definition) is 3. The second kappa shape index (κ2) is 7.25. The van der Waals surface area contributed by atoms with E-state index in [0.717, 1.165) is 32.3 Å². The number of piperazine rings is 1. The lowest BCUT2D eigenvalue weighted by molar-refractivity contribution is -0.152. The SMILES string of the molecule is CCCCOCCN1C(=O)C(C(C)C)NC(=O)C1C1CC1. The average Bonchev–Trinajstić information content (AvgIpc) is 3.25. The monoisotopic (exact) mass is 296 g/mol. The van der Waals surface area contributed by atoms with Crippen LogP contribution in [-0.4, -0.2) is 48.6 Å². The largest absolute Gasteiger partial charge is 0.380 e. The van der Waals surface area contributed by atoms with E-state index < -0.39 is 0 Å². The molecule has 5 nitrogen and oxygen atoms in total. The Labute approximate surface area is 127 Å². The summed E-state index contributed by atoms with van der Waals surface area (Å²) in [7, 11) is 0. The average molecular weight is 296 g/mol. The number of hydrogen-bond donors (Lipinski definition) is 1. The molecule has 0 spiro atoms. The van der Waals surface area contributed by atoms with Gasteiger partial charge in [0.05, 0.1) is 6.61 Å².